The van der Waals surface area contributed by atoms with Crippen LogP contribution in [0.5, 0.6) is 5.75 Å². The molecule has 0 fully saturated rings. The Bertz CT molecular complexity index is 998. The SMILES string of the molecule is COc1ccc(CN(C)C(=O)c2c(-n3cccc3)sc3c2CCSC3)cc1F. The summed E-state index contributed by atoms with van der Waals surface area (Å²) in [5.74, 6) is 1.75. The van der Waals surface area contributed by atoms with E-state index in [0.29, 0.717) is 6.54 Å². The normalized spacial score (nSPS) is 13.2. The Labute approximate surface area is 171 Å². The molecule has 7 heteroatoms. The molecule has 1 amide bonds. The number of thioether (sulfide) groups is 1. The number of benzene rings is 1. The molecule has 1 aliphatic heterocycles. The number of amides is 1. The van der Waals surface area contributed by atoms with Crippen LogP contribution in [0.2, 0.25) is 0 Å². The number of carbonyl (C=O) groups excluding carboxylic acids is 1. The van der Waals surface area contributed by atoms with E-state index in [9.17, 15) is 9.18 Å². The predicted molar refractivity (Wildman–Crippen MR) is 112 cm³/mol. The van der Waals surface area contributed by atoms with E-state index in [4.69, 9.17) is 4.74 Å². The zero-order chi connectivity index (χ0) is 19.7. The molecule has 0 saturated carbocycles. The number of methoxy groups -OCH3 is 1. The number of hydrogen-bond acceptors (Lipinski definition) is 4. The number of hydrogen-bond donors (Lipinski definition) is 0. The molecule has 0 atom stereocenters. The summed E-state index contributed by atoms with van der Waals surface area (Å²) in [5.41, 5.74) is 2.69. The van der Waals surface area contributed by atoms with Gasteiger partial charge in [-0.3, -0.25) is 4.79 Å². The highest BCUT2D eigenvalue weighted by molar-refractivity contribution is 7.98. The quantitative estimate of drug-likeness (QED) is 0.602. The molecule has 1 aromatic carbocycles. The molecule has 0 aliphatic carbocycles. The maximum atomic E-state index is 14.0. The molecule has 4 nitrogen and oxygen atoms in total. The lowest BCUT2D eigenvalue weighted by atomic mass is 10.1. The van der Waals surface area contributed by atoms with Gasteiger partial charge in [-0.2, -0.15) is 11.8 Å². The van der Waals surface area contributed by atoms with Crippen molar-refractivity contribution < 1.29 is 13.9 Å². The van der Waals surface area contributed by atoms with Gasteiger partial charge in [0.25, 0.3) is 5.91 Å². The van der Waals surface area contributed by atoms with Gasteiger partial charge in [0.15, 0.2) is 11.6 Å². The van der Waals surface area contributed by atoms with E-state index in [-0.39, 0.29) is 11.7 Å². The molecule has 3 aromatic rings. The van der Waals surface area contributed by atoms with Gasteiger partial charge in [0, 0.05) is 36.6 Å². The Morgan fingerprint density at radius 3 is 2.82 bits per heavy atom. The number of carbonyl (C=O) groups is 1. The van der Waals surface area contributed by atoms with Crippen molar-refractivity contribution in [3.8, 4) is 10.8 Å². The molecule has 28 heavy (non-hydrogen) atoms. The van der Waals surface area contributed by atoms with Crippen LogP contribution in [-0.4, -0.2) is 35.3 Å². The van der Waals surface area contributed by atoms with E-state index in [1.54, 1.807) is 35.4 Å². The predicted octanol–water partition coefficient (Wildman–Crippen LogP) is 4.75. The minimum Gasteiger partial charge on any atom is -0.494 e. The third-order valence-corrected chi connectivity index (χ3v) is 7.25. The lowest BCUT2D eigenvalue weighted by Gasteiger charge is -2.20. The van der Waals surface area contributed by atoms with Crippen LogP contribution < -0.4 is 4.74 Å². The topological polar surface area (TPSA) is 34.5 Å². The molecule has 2 aromatic heterocycles. The summed E-state index contributed by atoms with van der Waals surface area (Å²) in [6.45, 7) is 0.338. The monoisotopic (exact) mass is 416 g/mol. The highest BCUT2D eigenvalue weighted by Gasteiger charge is 2.28. The summed E-state index contributed by atoms with van der Waals surface area (Å²) in [7, 11) is 3.21. The van der Waals surface area contributed by atoms with Crippen LogP contribution in [0.15, 0.2) is 42.7 Å². The van der Waals surface area contributed by atoms with Crippen LogP contribution in [0.4, 0.5) is 4.39 Å². The number of thiophene rings is 1. The first-order valence-corrected chi connectivity index (χ1v) is 11.0. The number of halogens is 1. The second-order valence-corrected chi connectivity index (χ2v) is 8.90. The summed E-state index contributed by atoms with van der Waals surface area (Å²) in [4.78, 5) is 16.3. The fraction of sp³-hybridized carbons (Fsp3) is 0.286. The molecule has 146 valence electrons. The first-order valence-electron chi connectivity index (χ1n) is 9.02. The average molecular weight is 417 g/mol. The van der Waals surface area contributed by atoms with Crippen molar-refractivity contribution in [2.24, 2.45) is 0 Å². The Balaban J connectivity index is 1.65. The number of aromatic nitrogens is 1. The number of nitrogens with zero attached hydrogens (tertiary/aromatic N) is 2. The standard InChI is InChI=1S/C21H21FN2O2S2/c1-23(12-14-5-6-17(26-2)16(22)11-14)20(25)19-15-7-10-27-13-18(15)28-21(19)24-8-3-4-9-24/h3-6,8-9,11H,7,10,12-13H2,1-2H3. The molecule has 1 aliphatic rings. The van der Waals surface area contributed by atoms with Crippen LogP contribution in [0.1, 0.15) is 26.4 Å². The molecule has 0 bridgehead atoms. The van der Waals surface area contributed by atoms with Gasteiger partial charge in [0.2, 0.25) is 0 Å². The lowest BCUT2D eigenvalue weighted by molar-refractivity contribution is 0.0784. The minimum atomic E-state index is -0.418. The lowest BCUT2D eigenvalue weighted by Crippen LogP contribution is -2.28. The number of rotatable bonds is 5. The van der Waals surface area contributed by atoms with Crippen molar-refractivity contribution in [2.45, 2.75) is 18.7 Å². The summed E-state index contributed by atoms with van der Waals surface area (Å²) in [5, 5.41) is 0.968. The third kappa shape index (κ3) is 3.56. The van der Waals surface area contributed by atoms with Crippen LogP contribution in [-0.2, 0) is 18.7 Å². The molecule has 0 spiro atoms. The van der Waals surface area contributed by atoms with Gasteiger partial charge in [0.1, 0.15) is 5.00 Å². The van der Waals surface area contributed by atoms with E-state index in [1.807, 2.05) is 40.9 Å². The maximum Gasteiger partial charge on any atom is 0.257 e. The van der Waals surface area contributed by atoms with Crippen molar-refractivity contribution in [1.82, 2.24) is 9.47 Å². The Morgan fingerprint density at radius 2 is 2.11 bits per heavy atom. The summed E-state index contributed by atoms with van der Waals surface area (Å²) in [6.07, 6.45) is 4.85. The Hall–Kier alpha value is -2.25. The molecular formula is C21H21FN2O2S2. The van der Waals surface area contributed by atoms with Gasteiger partial charge in [-0.05, 0) is 47.6 Å². The zero-order valence-corrected chi connectivity index (χ0v) is 17.4. The largest absolute Gasteiger partial charge is 0.494 e. The van der Waals surface area contributed by atoms with E-state index >= 15 is 0 Å². The average Bonchev–Trinajstić information content (AvgIpc) is 3.35. The molecular weight excluding hydrogens is 395 g/mol. The summed E-state index contributed by atoms with van der Waals surface area (Å²) in [6, 6.07) is 8.74. The van der Waals surface area contributed by atoms with E-state index < -0.39 is 5.82 Å². The van der Waals surface area contributed by atoms with Crippen molar-refractivity contribution in [2.75, 3.05) is 19.9 Å². The molecule has 0 unspecified atom stereocenters. The highest BCUT2D eigenvalue weighted by atomic mass is 32.2. The molecule has 0 radical (unpaired) electrons. The Morgan fingerprint density at radius 1 is 1.32 bits per heavy atom. The van der Waals surface area contributed by atoms with Crippen molar-refractivity contribution >= 4 is 29.0 Å². The van der Waals surface area contributed by atoms with Crippen LogP contribution in [0, 0.1) is 5.82 Å². The fourth-order valence-electron chi connectivity index (χ4n) is 3.43. The summed E-state index contributed by atoms with van der Waals surface area (Å²) >= 11 is 3.60. The second-order valence-electron chi connectivity index (χ2n) is 6.71. The van der Waals surface area contributed by atoms with Crippen LogP contribution >= 0.6 is 23.1 Å². The van der Waals surface area contributed by atoms with E-state index in [0.717, 1.165) is 34.1 Å². The molecule has 4 rings (SSSR count). The van der Waals surface area contributed by atoms with Crippen LogP contribution in [0.3, 0.4) is 0 Å². The van der Waals surface area contributed by atoms with Gasteiger partial charge in [0.05, 0.1) is 12.7 Å². The first-order chi connectivity index (χ1) is 13.6. The zero-order valence-electron chi connectivity index (χ0n) is 15.8. The van der Waals surface area contributed by atoms with Crippen LogP contribution in [0.25, 0.3) is 5.00 Å². The van der Waals surface area contributed by atoms with Gasteiger partial charge >= 0.3 is 0 Å². The smallest absolute Gasteiger partial charge is 0.257 e. The number of fused-ring (bicyclic) bond motifs is 1. The van der Waals surface area contributed by atoms with Gasteiger partial charge in [-0.25, -0.2) is 4.39 Å². The van der Waals surface area contributed by atoms with Crippen molar-refractivity contribution in [3.05, 3.63) is 70.1 Å². The van der Waals surface area contributed by atoms with Gasteiger partial charge < -0.3 is 14.2 Å². The minimum absolute atomic E-state index is 0.0238. The van der Waals surface area contributed by atoms with Gasteiger partial charge in [-0.15, -0.1) is 11.3 Å². The maximum absolute atomic E-state index is 14.0. The Kier molecular flexibility index (Phi) is 5.46. The van der Waals surface area contributed by atoms with Crippen molar-refractivity contribution in [3.63, 3.8) is 0 Å². The molecule has 0 saturated heterocycles. The van der Waals surface area contributed by atoms with Crippen molar-refractivity contribution in [1.29, 1.82) is 0 Å². The number of ether oxygens (including phenoxy) is 1. The second kappa shape index (κ2) is 8.01. The molecule has 0 N–H and O–H groups in total. The van der Waals surface area contributed by atoms with Gasteiger partial charge in [-0.1, -0.05) is 6.07 Å². The third-order valence-electron chi connectivity index (χ3n) is 4.84. The fourth-order valence-corrected chi connectivity index (χ4v) is 5.87. The summed E-state index contributed by atoms with van der Waals surface area (Å²) < 4.78 is 21.0. The molecule has 3 heterocycles. The van der Waals surface area contributed by atoms with E-state index in [1.165, 1.54) is 23.6 Å². The van der Waals surface area contributed by atoms with E-state index in [2.05, 4.69) is 0 Å². The first kappa shape index (κ1) is 19.1. The highest BCUT2D eigenvalue weighted by Crippen LogP contribution is 2.39.